The van der Waals surface area contributed by atoms with Crippen molar-refractivity contribution in [3.05, 3.63) is 42.5 Å². The van der Waals surface area contributed by atoms with Crippen LogP contribution >= 0.6 is 11.8 Å². The van der Waals surface area contributed by atoms with Crippen molar-refractivity contribution in [2.24, 2.45) is 39.2 Å². The molecule has 1 heterocycles. The molecule has 8 atom stereocenters. The molecular weight excluding hydrogens is 576 g/mol. The minimum atomic E-state index is -0.672. The summed E-state index contributed by atoms with van der Waals surface area (Å²) in [5.41, 5.74) is -0.546. The maximum atomic E-state index is 13.6. The summed E-state index contributed by atoms with van der Waals surface area (Å²) >= 11 is 1.42. The zero-order valence-corrected chi connectivity index (χ0v) is 27.7. The molecule has 1 aliphatic heterocycles. The third-order valence-electron chi connectivity index (χ3n) is 11.7. The van der Waals surface area contributed by atoms with Crippen LogP contribution in [0, 0.1) is 34.0 Å². The average molecular weight is 627 g/mol. The summed E-state index contributed by atoms with van der Waals surface area (Å²) in [6, 6.07) is 7.83. The Morgan fingerprint density at radius 3 is 2.77 bits per heavy atom. The quantitative estimate of drug-likeness (QED) is 0.0925. The monoisotopic (exact) mass is 626 g/mol. The molecule has 0 amide bonds. The van der Waals surface area contributed by atoms with E-state index in [1.54, 1.807) is 6.21 Å². The highest BCUT2D eigenvalue weighted by atomic mass is 32.2. The minimum Gasteiger partial charge on any atom is -0.461 e. The normalized spacial score (nSPS) is 37.7. The van der Waals surface area contributed by atoms with Crippen LogP contribution in [0.5, 0.6) is 0 Å². The standard InChI is InChI=1S/C35H50N2O6S/c1-6-33(4)21-29(34(5)24(2)10-12-35(25(3)32(33)40)13-11-28(38)31(34)35)43-30(39)23-44-27-9-7-8-26(20-27)22-36-42-19-16-37-14-17-41-18-15-37/h6-9,20,22,24-25,29,31-32,40H,1,10-19,21,23H2,2-5H3/t24?,25-,29+,31?,32-,33+,34-,35?/m0/s1. The van der Waals surface area contributed by atoms with Gasteiger partial charge in [-0.2, -0.15) is 0 Å². The van der Waals surface area contributed by atoms with Crippen molar-refractivity contribution in [2.45, 2.75) is 76.9 Å². The summed E-state index contributed by atoms with van der Waals surface area (Å²) in [7, 11) is 0. The van der Waals surface area contributed by atoms with E-state index in [1.165, 1.54) is 11.8 Å². The first-order valence-electron chi connectivity index (χ1n) is 16.3. The SMILES string of the molecule is C=C[C@]1(C)C[C@@H](OC(=O)CSc2cccc(C=NOCCN3CCOCC3)c2)[C@]2(C)C(C)CCC3(CCC(=O)C32)[C@@H](C)[C@@H]1O. The predicted molar refractivity (Wildman–Crippen MR) is 173 cm³/mol. The van der Waals surface area contributed by atoms with Gasteiger partial charge in [-0.15, -0.1) is 18.3 Å². The molecule has 2 bridgehead atoms. The van der Waals surface area contributed by atoms with Gasteiger partial charge in [0.2, 0.25) is 0 Å². The number of morpholine rings is 1. The fourth-order valence-corrected chi connectivity index (χ4v) is 9.41. The van der Waals surface area contributed by atoms with Gasteiger partial charge in [0.25, 0.3) is 0 Å². The predicted octanol–water partition coefficient (Wildman–Crippen LogP) is 5.37. The fraction of sp³-hybridized carbons (Fsp3) is 0.686. The van der Waals surface area contributed by atoms with Crippen LogP contribution in [0.1, 0.15) is 65.4 Å². The van der Waals surface area contributed by atoms with Crippen molar-refractivity contribution < 1.29 is 29.0 Å². The minimum absolute atomic E-state index is 0.0491. The summed E-state index contributed by atoms with van der Waals surface area (Å²) in [4.78, 5) is 35.8. The number of hydrogen-bond donors (Lipinski definition) is 1. The Balaban J connectivity index is 1.25. The maximum Gasteiger partial charge on any atom is 0.316 e. The van der Waals surface area contributed by atoms with E-state index in [4.69, 9.17) is 14.3 Å². The Bertz CT molecular complexity index is 1240. The molecule has 0 aromatic heterocycles. The Kier molecular flexibility index (Phi) is 10.3. The van der Waals surface area contributed by atoms with Gasteiger partial charge in [0.05, 0.1) is 31.3 Å². The first-order valence-corrected chi connectivity index (χ1v) is 17.2. The Morgan fingerprint density at radius 1 is 1.25 bits per heavy atom. The number of aliphatic hydroxyl groups excluding tert-OH is 1. The van der Waals surface area contributed by atoms with E-state index in [0.29, 0.717) is 19.4 Å². The van der Waals surface area contributed by atoms with Crippen LogP contribution in [0.15, 0.2) is 47.0 Å². The molecule has 8 nitrogen and oxygen atoms in total. The molecule has 1 aromatic carbocycles. The number of carbonyl (C=O) groups is 2. The number of thioether (sulfide) groups is 1. The van der Waals surface area contributed by atoms with Crippen LogP contribution < -0.4 is 0 Å². The van der Waals surface area contributed by atoms with Gasteiger partial charge >= 0.3 is 5.97 Å². The number of rotatable bonds is 10. The van der Waals surface area contributed by atoms with Gasteiger partial charge < -0.3 is 19.4 Å². The summed E-state index contributed by atoms with van der Waals surface area (Å²) in [6.45, 7) is 17.3. The molecule has 44 heavy (non-hydrogen) atoms. The number of benzene rings is 1. The first kappa shape index (κ1) is 33.2. The Hall–Kier alpha value is -2.20. The molecule has 0 radical (unpaired) electrons. The van der Waals surface area contributed by atoms with E-state index in [2.05, 4.69) is 37.4 Å². The van der Waals surface area contributed by atoms with Crippen molar-refractivity contribution in [2.75, 3.05) is 45.2 Å². The third-order valence-corrected chi connectivity index (χ3v) is 12.6. The lowest BCUT2D eigenvalue weighted by Crippen LogP contribution is -2.63. The molecule has 1 saturated heterocycles. The van der Waals surface area contributed by atoms with Crippen LogP contribution in [0.3, 0.4) is 0 Å². The summed E-state index contributed by atoms with van der Waals surface area (Å²) < 4.78 is 11.8. The van der Waals surface area contributed by atoms with Gasteiger partial charge in [-0.05, 0) is 60.6 Å². The maximum absolute atomic E-state index is 13.6. The molecular formula is C35H50N2O6S. The fourth-order valence-electron chi connectivity index (χ4n) is 8.67. The average Bonchev–Trinajstić information content (AvgIpc) is 3.38. The molecule has 0 spiro atoms. The van der Waals surface area contributed by atoms with Crippen molar-refractivity contribution in [1.29, 1.82) is 0 Å². The molecule has 3 saturated carbocycles. The molecule has 3 unspecified atom stereocenters. The molecule has 5 rings (SSSR count). The second kappa shape index (κ2) is 13.7. The van der Waals surface area contributed by atoms with Gasteiger partial charge in [-0.3, -0.25) is 14.5 Å². The van der Waals surface area contributed by atoms with Crippen molar-refractivity contribution >= 4 is 29.7 Å². The zero-order chi connectivity index (χ0) is 31.5. The number of oxime groups is 1. The number of aliphatic hydroxyl groups is 1. The van der Waals surface area contributed by atoms with Gasteiger partial charge in [-0.25, -0.2) is 0 Å². The highest BCUT2D eigenvalue weighted by molar-refractivity contribution is 8.00. The lowest BCUT2D eigenvalue weighted by Gasteiger charge is -2.61. The molecule has 1 N–H and O–H groups in total. The number of esters is 1. The van der Waals surface area contributed by atoms with Gasteiger partial charge in [0.15, 0.2) is 0 Å². The van der Waals surface area contributed by atoms with Crippen molar-refractivity contribution in [3.8, 4) is 0 Å². The van der Waals surface area contributed by atoms with E-state index < -0.39 is 23.0 Å². The molecule has 3 aliphatic carbocycles. The summed E-state index contributed by atoms with van der Waals surface area (Å²) in [5, 5.41) is 15.8. The lowest BCUT2D eigenvalue weighted by molar-refractivity contribution is -0.205. The number of nitrogens with zero attached hydrogens (tertiary/aromatic N) is 2. The number of ether oxygens (including phenoxy) is 2. The van der Waals surface area contributed by atoms with E-state index >= 15 is 0 Å². The zero-order valence-electron chi connectivity index (χ0n) is 26.8. The summed E-state index contributed by atoms with van der Waals surface area (Å²) in [5.74, 6) is 0.0267. The smallest absolute Gasteiger partial charge is 0.316 e. The molecule has 1 aromatic rings. The Labute approximate surface area is 266 Å². The number of Topliss-reactive ketones (excluding diaryl/α,β-unsaturated/α-hetero) is 1. The van der Waals surface area contributed by atoms with Crippen LogP contribution in [0.4, 0.5) is 0 Å². The second-order valence-electron chi connectivity index (χ2n) is 13.9. The van der Waals surface area contributed by atoms with E-state index in [0.717, 1.165) is 62.6 Å². The highest BCUT2D eigenvalue weighted by Gasteiger charge is 2.68. The third kappa shape index (κ3) is 6.39. The molecule has 242 valence electrons. The molecule has 9 heteroatoms. The number of carbonyl (C=O) groups excluding carboxylic acids is 2. The molecule has 4 aliphatic rings. The highest BCUT2D eigenvalue weighted by Crippen LogP contribution is 2.68. The summed E-state index contributed by atoms with van der Waals surface area (Å²) in [6.07, 6.45) is 5.98. The van der Waals surface area contributed by atoms with Gasteiger partial charge in [0.1, 0.15) is 18.5 Å². The molecule has 4 fully saturated rings. The van der Waals surface area contributed by atoms with Gasteiger partial charge in [0, 0.05) is 47.7 Å². The lowest BCUT2D eigenvalue weighted by atomic mass is 9.44. The van der Waals surface area contributed by atoms with Crippen molar-refractivity contribution in [1.82, 2.24) is 4.90 Å². The van der Waals surface area contributed by atoms with E-state index in [1.807, 2.05) is 37.3 Å². The topological polar surface area (TPSA) is 97.7 Å². The first-order chi connectivity index (χ1) is 21.0. The Morgan fingerprint density at radius 2 is 2.02 bits per heavy atom. The van der Waals surface area contributed by atoms with E-state index in [-0.39, 0.29) is 40.7 Å². The largest absolute Gasteiger partial charge is 0.461 e. The number of ketones is 1. The van der Waals surface area contributed by atoms with Crippen LogP contribution in [-0.2, 0) is 23.9 Å². The second-order valence-corrected chi connectivity index (χ2v) is 15.0. The number of hydrogen-bond acceptors (Lipinski definition) is 9. The van der Waals surface area contributed by atoms with Crippen molar-refractivity contribution in [3.63, 3.8) is 0 Å². The van der Waals surface area contributed by atoms with Crippen LogP contribution in [0.2, 0.25) is 0 Å². The van der Waals surface area contributed by atoms with Crippen LogP contribution in [0.25, 0.3) is 0 Å². The van der Waals surface area contributed by atoms with Gasteiger partial charge in [-0.1, -0.05) is 51.1 Å². The van der Waals surface area contributed by atoms with Crippen LogP contribution in [-0.4, -0.2) is 85.4 Å². The van der Waals surface area contributed by atoms with E-state index in [9.17, 15) is 14.7 Å².